The van der Waals surface area contributed by atoms with Gasteiger partial charge in [-0.15, -0.1) is 0 Å². The maximum absolute atomic E-state index is 13.1. The van der Waals surface area contributed by atoms with Gasteiger partial charge in [-0.1, -0.05) is 64.0 Å². The van der Waals surface area contributed by atoms with Crippen molar-refractivity contribution in [3.63, 3.8) is 0 Å². The van der Waals surface area contributed by atoms with Crippen molar-refractivity contribution >= 4 is 52.1 Å². The molecule has 1 aromatic heterocycles. The van der Waals surface area contributed by atoms with Gasteiger partial charge >= 0.3 is 5.97 Å². The van der Waals surface area contributed by atoms with Gasteiger partial charge in [-0.25, -0.2) is 14.8 Å². The third kappa shape index (κ3) is 5.27. The number of fused-ring (bicyclic) bond motifs is 1. The summed E-state index contributed by atoms with van der Waals surface area (Å²) in [6, 6.07) is 13.5. The number of methoxy groups -OCH3 is 1. The number of anilines is 1. The number of nitrogens with zero attached hydrogens (tertiary/aromatic N) is 4. The Labute approximate surface area is 241 Å². The Bertz CT molecular complexity index is 1450. The fourth-order valence-corrected chi connectivity index (χ4v) is 6.37. The molecule has 2 aliphatic rings. The molecule has 7 nitrogen and oxygen atoms in total. The quantitative estimate of drug-likeness (QED) is 0.263. The highest BCUT2D eigenvalue weighted by atomic mass is 35.5. The molecule has 0 bridgehead atoms. The molecule has 0 saturated carbocycles. The van der Waals surface area contributed by atoms with Gasteiger partial charge in [0.05, 0.1) is 29.0 Å². The minimum Gasteiger partial charge on any atom is -0.591 e. The number of rotatable bonds is 4. The summed E-state index contributed by atoms with van der Waals surface area (Å²) in [4.78, 5) is 24.1. The second-order valence-electron chi connectivity index (χ2n) is 10.9. The number of esters is 1. The van der Waals surface area contributed by atoms with Gasteiger partial charge in [0.2, 0.25) is 0 Å². The van der Waals surface area contributed by atoms with Crippen LogP contribution >= 0.6 is 23.2 Å². The Balaban J connectivity index is 1.47. The Morgan fingerprint density at radius 1 is 1.10 bits per heavy atom. The third-order valence-electron chi connectivity index (χ3n) is 7.38. The second kappa shape index (κ2) is 10.7. The van der Waals surface area contributed by atoms with Gasteiger partial charge in [0.1, 0.15) is 21.8 Å². The Morgan fingerprint density at radius 3 is 2.49 bits per heavy atom. The Kier molecular flexibility index (Phi) is 7.68. The molecule has 5 rings (SSSR count). The maximum atomic E-state index is 13.1. The van der Waals surface area contributed by atoms with Crippen molar-refractivity contribution in [2.24, 2.45) is 9.81 Å². The molecule has 2 heterocycles. The topological polar surface area (TPSA) is 90.7 Å². The molecule has 39 heavy (non-hydrogen) atoms. The highest BCUT2D eigenvalue weighted by Crippen LogP contribution is 2.46. The first-order valence-electron chi connectivity index (χ1n) is 12.8. The fraction of sp³-hybridized carbons (Fsp3) is 0.379. The number of hydrogen-bond acceptors (Lipinski definition) is 7. The van der Waals surface area contributed by atoms with Crippen LogP contribution in [0.5, 0.6) is 0 Å². The van der Waals surface area contributed by atoms with Gasteiger partial charge in [-0.05, 0) is 51.7 Å². The van der Waals surface area contributed by atoms with Crippen LogP contribution in [0.15, 0.2) is 53.1 Å². The predicted octanol–water partition coefficient (Wildman–Crippen LogP) is 6.33. The van der Waals surface area contributed by atoms with E-state index in [2.05, 4.69) is 27.0 Å². The standard InChI is InChI=1S/C29H30Cl2N4O3S/c1-28(2,3)39(37)34-25-19-9-6-5-8-18(19)16-29(25)12-14-35(15-13-29)26-24(27(36)38-4)33-22(17-32-26)20-10-7-11-21(30)23(20)31/h5-11,17H,12-16H2,1-4H3. The first-order valence-corrected chi connectivity index (χ1v) is 14.6. The van der Waals surface area contributed by atoms with Crippen LogP contribution in [0, 0.1) is 5.41 Å². The summed E-state index contributed by atoms with van der Waals surface area (Å²) in [7, 11) is 1.33. The molecule has 1 spiro atoms. The number of piperidine rings is 1. The van der Waals surface area contributed by atoms with E-state index >= 15 is 0 Å². The summed E-state index contributed by atoms with van der Waals surface area (Å²) in [5.74, 6) is -0.111. The van der Waals surface area contributed by atoms with Crippen molar-refractivity contribution in [3.05, 3.63) is 75.5 Å². The van der Waals surface area contributed by atoms with Gasteiger partial charge < -0.3 is 14.2 Å². The highest BCUT2D eigenvalue weighted by molar-refractivity contribution is 7.91. The summed E-state index contributed by atoms with van der Waals surface area (Å²) >= 11 is 11.2. The van der Waals surface area contributed by atoms with E-state index in [-0.39, 0.29) is 11.1 Å². The summed E-state index contributed by atoms with van der Waals surface area (Å²) in [5.41, 5.74) is 4.16. The van der Waals surface area contributed by atoms with Gasteiger partial charge in [-0.2, -0.15) is 0 Å². The molecule has 2 aromatic carbocycles. The fourth-order valence-electron chi connectivity index (χ4n) is 5.24. The van der Waals surface area contributed by atoms with Crippen LogP contribution < -0.4 is 4.90 Å². The number of hydrogen-bond donors (Lipinski definition) is 0. The molecule has 1 aliphatic carbocycles. The predicted molar refractivity (Wildman–Crippen MR) is 157 cm³/mol. The van der Waals surface area contributed by atoms with Crippen LogP contribution in [0.4, 0.5) is 5.82 Å². The lowest BCUT2D eigenvalue weighted by atomic mass is 9.74. The molecule has 1 atom stereocenters. The lowest BCUT2D eigenvalue weighted by Gasteiger charge is -2.40. The van der Waals surface area contributed by atoms with Crippen LogP contribution in [0.1, 0.15) is 55.2 Å². The number of carbonyl (C=O) groups is 1. The van der Waals surface area contributed by atoms with Crippen LogP contribution in [0.25, 0.3) is 11.3 Å². The molecule has 0 N–H and O–H groups in total. The third-order valence-corrected chi connectivity index (χ3v) is 9.60. The van der Waals surface area contributed by atoms with Crippen LogP contribution in [-0.4, -0.2) is 51.1 Å². The van der Waals surface area contributed by atoms with Gasteiger partial charge in [0, 0.05) is 29.6 Å². The molecular formula is C29H30Cl2N4O3S. The number of ether oxygens (including phenoxy) is 1. The summed E-state index contributed by atoms with van der Waals surface area (Å²) in [6.07, 6.45) is 3.99. The minimum absolute atomic E-state index is 0.124. The first kappa shape index (κ1) is 27.9. The summed E-state index contributed by atoms with van der Waals surface area (Å²) < 4.78 is 22.5. The molecule has 1 unspecified atom stereocenters. The van der Waals surface area contributed by atoms with Gasteiger partial charge in [0.25, 0.3) is 0 Å². The van der Waals surface area contributed by atoms with E-state index in [0.29, 0.717) is 40.2 Å². The van der Waals surface area contributed by atoms with Gasteiger partial charge in [-0.3, -0.25) is 0 Å². The van der Waals surface area contributed by atoms with E-state index in [9.17, 15) is 9.35 Å². The zero-order chi connectivity index (χ0) is 27.9. The van der Waals surface area contributed by atoms with Gasteiger partial charge in [0.15, 0.2) is 11.5 Å². The molecule has 204 valence electrons. The normalized spacial score (nSPS) is 18.3. The molecule has 0 amide bonds. The molecular weight excluding hydrogens is 555 g/mol. The number of halogens is 2. The van der Waals surface area contributed by atoms with E-state index in [1.165, 1.54) is 12.7 Å². The average Bonchev–Trinajstić information content (AvgIpc) is 3.21. The lowest BCUT2D eigenvalue weighted by Crippen LogP contribution is -2.45. The van der Waals surface area contributed by atoms with E-state index in [1.54, 1.807) is 24.4 Å². The summed E-state index contributed by atoms with van der Waals surface area (Å²) in [6.45, 7) is 7.08. The number of carbonyl (C=O) groups excluding carboxylic acids is 1. The van der Waals surface area contributed by atoms with Crippen molar-refractivity contribution < 1.29 is 14.1 Å². The second-order valence-corrected chi connectivity index (χ2v) is 13.6. The van der Waals surface area contributed by atoms with Crippen LogP contribution in [-0.2, 0) is 22.5 Å². The summed E-state index contributed by atoms with van der Waals surface area (Å²) in [5, 5.41) is 0.737. The highest BCUT2D eigenvalue weighted by Gasteiger charge is 2.48. The molecule has 10 heteroatoms. The molecule has 1 fully saturated rings. The largest absolute Gasteiger partial charge is 0.591 e. The number of benzene rings is 2. The number of aromatic nitrogens is 2. The molecule has 1 aliphatic heterocycles. The lowest BCUT2D eigenvalue weighted by molar-refractivity contribution is 0.0594. The van der Waals surface area contributed by atoms with Crippen LogP contribution in [0.3, 0.4) is 0 Å². The van der Waals surface area contributed by atoms with Crippen molar-refractivity contribution in [3.8, 4) is 11.3 Å². The van der Waals surface area contributed by atoms with Crippen molar-refractivity contribution in [1.29, 1.82) is 0 Å². The molecule has 0 radical (unpaired) electrons. The van der Waals surface area contributed by atoms with E-state index in [4.69, 9.17) is 32.3 Å². The molecule has 1 saturated heterocycles. The van der Waals surface area contributed by atoms with Crippen molar-refractivity contribution in [2.75, 3.05) is 25.1 Å². The maximum Gasteiger partial charge on any atom is 0.360 e. The molecule has 3 aromatic rings. The minimum atomic E-state index is -1.37. The average molecular weight is 586 g/mol. The SMILES string of the molecule is COC(=O)c1nc(-c2cccc(Cl)c2Cl)cnc1N1CCC2(CC1)Cc1ccccc1C2=N[S+]([O-])C(C)(C)C. The van der Waals surface area contributed by atoms with Crippen molar-refractivity contribution in [2.45, 2.75) is 44.8 Å². The zero-order valence-electron chi connectivity index (χ0n) is 22.3. The first-order chi connectivity index (χ1) is 18.5. The Hall–Kier alpha value is -2.65. The van der Waals surface area contributed by atoms with E-state index in [1.807, 2.05) is 32.9 Å². The monoisotopic (exact) mass is 584 g/mol. The Morgan fingerprint density at radius 2 is 1.79 bits per heavy atom. The van der Waals surface area contributed by atoms with E-state index < -0.39 is 22.1 Å². The van der Waals surface area contributed by atoms with E-state index in [0.717, 1.165) is 30.5 Å². The van der Waals surface area contributed by atoms with Crippen molar-refractivity contribution in [1.82, 2.24) is 9.97 Å². The smallest absolute Gasteiger partial charge is 0.360 e. The van der Waals surface area contributed by atoms with Crippen LogP contribution in [0.2, 0.25) is 10.0 Å². The zero-order valence-corrected chi connectivity index (χ0v) is 24.7.